The molecule has 2 heterocycles. The fraction of sp³-hybridized carbons (Fsp3) is 0.581. The minimum Gasteiger partial charge on any atom is -0.352 e. The van der Waals surface area contributed by atoms with Crippen LogP contribution in [-0.2, 0) is 41.6 Å². The van der Waals surface area contributed by atoms with Gasteiger partial charge in [-0.15, -0.1) is 0 Å². The summed E-state index contributed by atoms with van der Waals surface area (Å²) in [6.45, 7) is 19.9. The van der Waals surface area contributed by atoms with Gasteiger partial charge < -0.3 is 36.0 Å². The van der Waals surface area contributed by atoms with Crippen LogP contribution >= 0.6 is 0 Å². The Morgan fingerprint density at radius 1 is 0.649 bits per heavy atom. The van der Waals surface area contributed by atoms with E-state index < -0.39 is 28.8 Å². The fourth-order valence-electron chi connectivity index (χ4n) is 10.3. The highest BCUT2D eigenvalue weighted by Gasteiger charge is 2.42. The van der Waals surface area contributed by atoms with Gasteiger partial charge in [-0.25, -0.2) is 0 Å². The van der Waals surface area contributed by atoms with E-state index in [0.717, 1.165) is 36.8 Å². The average molecular weight is 1060 g/mol. The number of hydrogen-bond acceptors (Lipinski definition) is 9. The third kappa shape index (κ3) is 18.5. The summed E-state index contributed by atoms with van der Waals surface area (Å²) in [7, 11) is 0. The quantitative estimate of drug-likeness (QED) is 0.0637. The van der Waals surface area contributed by atoms with Crippen LogP contribution in [0.1, 0.15) is 158 Å². The molecule has 77 heavy (non-hydrogen) atoms. The maximum absolute atomic E-state index is 14.2. The Balaban J connectivity index is 1.16. The molecule has 4 N–H and O–H groups in total. The maximum atomic E-state index is 14.2. The molecule has 0 bridgehead atoms. The lowest BCUT2D eigenvalue weighted by Crippen LogP contribution is -2.57. The highest BCUT2D eigenvalue weighted by molar-refractivity contribution is 5.99. The molecule has 0 aliphatic carbocycles. The summed E-state index contributed by atoms with van der Waals surface area (Å²) < 4.78 is 0. The summed E-state index contributed by atoms with van der Waals surface area (Å²) in [5, 5.41) is 5.91. The second kappa shape index (κ2) is 29.0. The Kier molecular flexibility index (Phi) is 23.2. The molecule has 0 spiro atoms. The van der Waals surface area contributed by atoms with Gasteiger partial charge >= 0.3 is 0 Å². The molecule has 2 aliphatic rings. The number of Topliss-reactive ketones (excluding diaryl/α,β-unsaturated/α-hetero) is 2. The molecule has 3 aromatic carbocycles. The van der Waals surface area contributed by atoms with Crippen molar-refractivity contribution in [3.05, 3.63) is 107 Å². The van der Waals surface area contributed by atoms with Crippen LogP contribution in [-0.4, -0.2) is 137 Å². The van der Waals surface area contributed by atoms with E-state index in [2.05, 4.69) is 10.6 Å². The van der Waals surface area contributed by atoms with Crippen LogP contribution in [0.15, 0.2) is 84.9 Å². The molecule has 2 fully saturated rings. The predicted octanol–water partition coefficient (Wildman–Crippen LogP) is 7.83. The van der Waals surface area contributed by atoms with E-state index in [1.54, 1.807) is 36.1 Å². The Bertz CT molecular complexity index is 2450. The molecule has 15 nitrogen and oxygen atoms in total. The topological polar surface area (TPSA) is 200 Å². The van der Waals surface area contributed by atoms with Gasteiger partial charge in [0.05, 0.1) is 6.04 Å². The third-order valence-electron chi connectivity index (χ3n) is 15.5. The average Bonchev–Trinajstić information content (AvgIpc) is 4.08. The van der Waals surface area contributed by atoms with Gasteiger partial charge in [-0.2, -0.15) is 0 Å². The summed E-state index contributed by atoms with van der Waals surface area (Å²) in [4.78, 5) is 116. The predicted molar refractivity (Wildman–Crippen MR) is 302 cm³/mol. The van der Waals surface area contributed by atoms with E-state index in [4.69, 9.17) is 5.73 Å². The fourth-order valence-corrected chi connectivity index (χ4v) is 10.3. The van der Waals surface area contributed by atoms with Crippen molar-refractivity contribution >= 4 is 47.0 Å². The van der Waals surface area contributed by atoms with E-state index in [1.807, 2.05) is 131 Å². The third-order valence-corrected chi connectivity index (χ3v) is 15.5. The van der Waals surface area contributed by atoms with Crippen molar-refractivity contribution in [1.82, 2.24) is 30.2 Å². The van der Waals surface area contributed by atoms with Crippen LogP contribution < -0.4 is 16.4 Å². The van der Waals surface area contributed by atoms with E-state index in [9.17, 15) is 38.4 Å². The Morgan fingerprint density at radius 2 is 1.14 bits per heavy atom. The van der Waals surface area contributed by atoms with Crippen LogP contribution in [0.25, 0.3) is 0 Å². The van der Waals surface area contributed by atoms with Crippen molar-refractivity contribution in [2.24, 2.45) is 28.4 Å². The van der Waals surface area contributed by atoms with Crippen molar-refractivity contribution in [1.29, 1.82) is 0 Å². The summed E-state index contributed by atoms with van der Waals surface area (Å²) >= 11 is 0. The molecule has 0 radical (unpaired) electrons. The maximum Gasteiger partial charge on any atom is 0.251 e. The summed E-state index contributed by atoms with van der Waals surface area (Å²) in [6, 6.07) is 24.4. The Labute approximate surface area is 458 Å². The van der Waals surface area contributed by atoms with Crippen LogP contribution in [0.2, 0.25) is 0 Å². The summed E-state index contributed by atoms with van der Waals surface area (Å²) in [5.74, 6) is -2.08. The number of likely N-dealkylation sites (tertiary alicyclic amines) is 2. The van der Waals surface area contributed by atoms with Crippen LogP contribution in [0.3, 0.4) is 0 Å². The summed E-state index contributed by atoms with van der Waals surface area (Å²) in [6.07, 6.45) is 5.65. The minimum absolute atomic E-state index is 0.0429. The van der Waals surface area contributed by atoms with E-state index >= 15 is 0 Å². The van der Waals surface area contributed by atoms with Gasteiger partial charge in [-0.05, 0) is 92.4 Å². The molecular formula is C62H89N7O8. The van der Waals surface area contributed by atoms with Gasteiger partial charge in [0.1, 0.15) is 11.8 Å². The molecule has 5 rings (SSSR count). The molecule has 6 amide bonds. The first-order valence-corrected chi connectivity index (χ1v) is 28.2. The van der Waals surface area contributed by atoms with E-state index in [1.165, 1.54) is 0 Å². The monoisotopic (exact) mass is 1060 g/mol. The molecule has 3 aromatic rings. The molecule has 0 saturated carbocycles. The first-order chi connectivity index (χ1) is 36.5. The van der Waals surface area contributed by atoms with Crippen LogP contribution in [0.5, 0.6) is 0 Å². The van der Waals surface area contributed by atoms with Gasteiger partial charge in [0.15, 0.2) is 5.78 Å². The zero-order valence-electron chi connectivity index (χ0n) is 47.6. The van der Waals surface area contributed by atoms with Crippen molar-refractivity contribution in [2.75, 3.05) is 45.8 Å². The number of rotatable bonds is 27. The van der Waals surface area contributed by atoms with E-state index in [0.29, 0.717) is 76.1 Å². The first-order valence-electron chi connectivity index (χ1n) is 28.2. The number of carbonyl (C=O) groups excluding carboxylic acids is 8. The zero-order chi connectivity index (χ0) is 56.5. The lowest BCUT2D eigenvalue weighted by atomic mass is 9.76. The SMILES string of the molecule is CC[C@@H](C)C(=O)N[C@H](C(=O)N1CCC[C@H]1CN(CCc1ccccc1)C(=O)CCNC(=O)c1ccc(C(=O)CCCC(=O)N(CCc2ccccc2)C[C@@H]2CCCN2C(=O)[C@@H](CC(=O)[C@H](C)N)C(C)(C)C)cc1)C(C)(C)C. The normalized spacial score (nSPS) is 17.2. The standard InChI is InChI=1S/C62H89N7O8/c1-10-43(2)57(74)65-56(62(7,8)9)60(77)69-37-19-25-50(69)42-67(39-34-46-22-15-12-16-23-46)55(73)32-35-64-58(75)48-30-28-47(29-31-48)52(70)26-17-27-54(72)66(38-33-45-20-13-11-14-21-45)41-49-24-18-36-68(49)59(76)51(61(4,5)6)40-53(71)44(3)63/h11-16,20-23,28-31,43-44,49-51,56H,10,17-19,24-27,32-42,63H2,1-9H3,(H,64,75)(H,65,74)/t43-,44+,49+,50+,51-,56-/m1/s1. The van der Waals surface area contributed by atoms with Crippen molar-refractivity contribution in [2.45, 2.75) is 164 Å². The highest BCUT2D eigenvalue weighted by atomic mass is 16.2. The molecule has 15 heteroatoms. The minimum atomic E-state index is -0.719. The molecule has 6 atom stereocenters. The largest absolute Gasteiger partial charge is 0.352 e. The number of benzene rings is 3. The second-order valence-corrected chi connectivity index (χ2v) is 23.7. The van der Waals surface area contributed by atoms with Gasteiger partial charge in [0.2, 0.25) is 29.5 Å². The lowest BCUT2D eigenvalue weighted by Gasteiger charge is -2.37. The second-order valence-electron chi connectivity index (χ2n) is 23.7. The van der Waals surface area contributed by atoms with E-state index in [-0.39, 0.29) is 97.2 Å². The molecule has 0 aromatic heterocycles. The van der Waals surface area contributed by atoms with Crippen LogP contribution in [0.4, 0.5) is 0 Å². The number of carbonyl (C=O) groups is 8. The number of hydrogen-bond donors (Lipinski definition) is 3. The molecule has 2 saturated heterocycles. The Morgan fingerprint density at radius 3 is 1.62 bits per heavy atom. The lowest BCUT2D eigenvalue weighted by molar-refractivity contribution is -0.144. The van der Waals surface area contributed by atoms with Crippen molar-refractivity contribution in [3.63, 3.8) is 0 Å². The van der Waals surface area contributed by atoms with Gasteiger partial charge in [0.25, 0.3) is 5.91 Å². The molecule has 2 aliphatic heterocycles. The summed E-state index contributed by atoms with van der Waals surface area (Å²) in [5.41, 5.74) is 7.83. The Hall–Kier alpha value is -6.22. The number of amides is 6. The van der Waals surface area contributed by atoms with Gasteiger partial charge in [-0.1, -0.05) is 128 Å². The molecule has 420 valence electrons. The highest BCUT2D eigenvalue weighted by Crippen LogP contribution is 2.34. The van der Waals surface area contributed by atoms with Gasteiger partial charge in [-0.3, -0.25) is 38.4 Å². The molecular weight excluding hydrogens is 971 g/mol. The zero-order valence-corrected chi connectivity index (χ0v) is 47.6. The molecule has 0 unspecified atom stereocenters. The van der Waals surface area contributed by atoms with Crippen LogP contribution in [0, 0.1) is 22.7 Å². The van der Waals surface area contributed by atoms with Crippen molar-refractivity contribution in [3.8, 4) is 0 Å². The number of nitrogens with two attached hydrogens (primary N) is 1. The number of ketones is 2. The van der Waals surface area contributed by atoms with Crippen molar-refractivity contribution < 1.29 is 38.4 Å². The van der Waals surface area contributed by atoms with Gasteiger partial charge in [0, 0.05) is 107 Å². The number of nitrogens with one attached hydrogen (secondary N) is 2. The number of nitrogens with zero attached hydrogens (tertiary/aromatic N) is 4. The smallest absolute Gasteiger partial charge is 0.251 e. The first kappa shape index (κ1) is 61.6.